The van der Waals surface area contributed by atoms with E-state index >= 15 is 0 Å². The van der Waals surface area contributed by atoms with Crippen molar-refractivity contribution in [2.24, 2.45) is 0 Å². The number of carbonyl (C=O) groups excluding carboxylic acids is 1. The summed E-state index contributed by atoms with van der Waals surface area (Å²) in [7, 11) is 0. The molecule has 0 amide bonds. The summed E-state index contributed by atoms with van der Waals surface area (Å²) in [6.07, 6.45) is 0. The Balaban J connectivity index is 2.20. The standard InChI is InChI=1S/C17H14N2O2/c1-11(20)15-16(12-6-3-2-4-7-12)18-19-17(15)13-8-5-9-14(21)10-13/h2-10,21H,1H3,(H,18,19). The van der Waals surface area contributed by atoms with Crippen molar-refractivity contribution in [2.75, 3.05) is 0 Å². The van der Waals surface area contributed by atoms with E-state index in [1.54, 1.807) is 18.2 Å². The van der Waals surface area contributed by atoms with Gasteiger partial charge in [0, 0.05) is 11.1 Å². The maximum absolute atomic E-state index is 12.1. The molecule has 0 saturated heterocycles. The van der Waals surface area contributed by atoms with Gasteiger partial charge in [-0.05, 0) is 19.1 Å². The number of ketones is 1. The number of Topliss-reactive ketones (excluding diaryl/α,β-unsaturated/α-hetero) is 1. The van der Waals surface area contributed by atoms with E-state index in [1.807, 2.05) is 36.4 Å². The number of benzene rings is 2. The predicted molar refractivity (Wildman–Crippen MR) is 81.1 cm³/mol. The van der Waals surface area contributed by atoms with Crippen molar-refractivity contribution in [2.45, 2.75) is 6.92 Å². The van der Waals surface area contributed by atoms with Crippen molar-refractivity contribution in [1.29, 1.82) is 0 Å². The van der Waals surface area contributed by atoms with Gasteiger partial charge in [0.2, 0.25) is 0 Å². The lowest BCUT2D eigenvalue weighted by atomic mass is 9.99. The van der Waals surface area contributed by atoms with Crippen LogP contribution < -0.4 is 0 Å². The lowest BCUT2D eigenvalue weighted by Crippen LogP contribution is -1.96. The Morgan fingerprint density at radius 2 is 1.76 bits per heavy atom. The Kier molecular flexibility index (Phi) is 3.28. The predicted octanol–water partition coefficient (Wildman–Crippen LogP) is 3.65. The molecule has 3 aromatic rings. The molecule has 0 bridgehead atoms. The van der Waals surface area contributed by atoms with Crippen LogP contribution in [-0.4, -0.2) is 21.1 Å². The van der Waals surface area contributed by atoms with Crippen LogP contribution in [-0.2, 0) is 0 Å². The number of aromatic amines is 1. The minimum absolute atomic E-state index is 0.0686. The van der Waals surface area contributed by atoms with E-state index < -0.39 is 0 Å². The molecule has 0 radical (unpaired) electrons. The van der Waals surface area contributed by atoms with Gasteiger partial charge in [-0.15, -0.1) is 0 Å². The summed E-state index contributed by atoms with van der Waals surface area (Å²) >= 11 is 0. The maximum atomic E-state index is 12.1. The van der Waals surface area contributed by atoms with Crippen molar-refractivity contribution < 1.29 is 9.90 Å². The van der Waals surface area contributed by atoms with Gasteiger partial charge in [0.25, 0.3) is 0 Å². The van der Waals surface area contributed by atoms with Crippen LogP contribution in [0, 0.1) is 0 Å². The van der Waals surface area contributed by atoms with E-state index in [2.05, 4.69) is 10.2 Å². The SMILES string of the molecule is CC(=O)c1c(-c2cccc(O)c2)n[nH]c1-c1ccccc1. The molecule has 0 spiro atoms. The molecule has 2 N–H and O–H groups in total. The molecule has 1 aromatic heterocycles. The van der Waals surface area contributed by atoms with Gasteiger partial charge in [-0.25, -0.2) is 0 Å². The molecule has 0 atom stereocenters. The van der Waals surface area contributed by atoms with Gasteiger partial charge in [0.15, 0.2) is 5.78 Å². The Labute approximate surface area is 122 Å². The number of rotatable bonds is 3. The largest absolute Gasteiger partial charge is 0.508 e. The molecule has 0 aliphatic rings. The molecule has 4 nitrogen and oxygen atoms in total. The highest BCUT2D eigenvalue weighted by Gasteiger charge is 2.19. The number of aromatic nitrogens is 2. The van der Waals surface area contributed by atoms with Crippen LogP contribution in [0.5, 0.6) is 5.75 Å². The summed E-state index contributed by atoms with van der Waals surface area (Å²) in [5, 5.41) is 16.8. The highest BCUT2D eigenvalue weighted by Crippen LogP contribution is 2.31. The molecule has 1 heterocycles. The fraction of sp³-hybridized carbons (Fsp3) is 0.0588. The number of carbonyl (C=O) groups is 1. The third-order valence-corrected chi connectivity index (χ3v) is 3.30. The van der Waals surface area contributed by atoms with Gasteiger partial charge in [0.05, 0.1) is 11.3 Å². The second-order valence-electron chi connectivity index (χ2n) is 4.79. The number of nitrogens with one attached hydrogen (secondary N) is 1. The van der Waals surface area contributed by atoms with Gasteiger partial charge in [-0.3, -0.25) is 9.89 Å². The summed E-state index contributed by atoms with van der Waals surface area (Å²) in [4.78, 5) is 12.1. The number of phenolic OH excluding ortho intramolecular Hbond substituents is 1. The molecule has 0 unspecified atom stereocenters. The molecule has 4 heteroatoms. The van der Waals surface area contributed by atoms with Gasteiger partial charge in [0.1, 0.15) is 11.4 Å². The van der Waals surface area contributed by atoms with Crippen molar-refractivity contribution >= 4 is 5.78 Å². The summed E-state index contributed by atoms with van der Waals surface area (Å²) in [6, 6.07) is 16.3. The van der Waals surface area contributed by atoms with E-state index in [-0.39, 0.29) is 11.5 Å². The van der Waals surface area contributed by atoms with Crippen molar-refractivity contribution in [1.82, 2.24) is 10.2 Å². The maximum Gasteiger partial charge on any atom is 0.164 e. The second kappa shape index (κ2) is 5.25. The fourth-order valence-electron chi connectivity index (χ4n) is 2.36. The lowest BCUT2D eigenvalue weighted by molar-refractivity contribution is 0.101. The number of hydrogen-bond acceptors (Lipinski definition) is 3. The van der Waals surface area contributed by atoms with E-state index in [0.717, 1.165) is 5.56 Å². The Morgan fingerprint density at radius 1 is 1.05 bits per heavy atom. The second-order valence-corrected chi connectivity index (χ2v) is 4.79. The van der Waals surface area contributed by atoms with Crippen LogP contribution in [0.4, 0.5) is 0 Å². The van der Waals surface area contributed by atoms with Crippen LogP contribution in [0.2, 0.25) is 0 Å². The molecule has 0 aliphatic heterocycles. The Bertz CT molecular complexity index is 792. The molecule has 0 aliphatic carbocycles. The molecule has 0 saturated carbocycles. The Hall–Kier alpha value is -2.88. The first kappa shape index (κ1) is 13.1. The molecule has 3 rings (SSSR count). The molecular formula is C17H14N2O2. The Morgan fingerprint density at radius 3 is 2.43 bits per heavy atom. The highest BCUT2D eigenvalue weighted by atomic mass is 16.3. The highest BCUT2D eigenvalue weighted by molar-refractivity contribution is 6.05. The van der Waals surface area contributed by atoms with Crippen LogP contribution in [0.3, 0.4) is 0 Å². The minimum Gasteiger partial charge on any atom is -0.508 e. The van der Waals surface area contributed by atoms with E-state index in [1.165, 1.54) is 6.92 Å². The first-order valence-electron chi connectivity index (χ1n) is 6.61. The fourth-order valence-corrected chi connectivity index (χ4v) is 2.36. The minimum atomic E-state index is -0.0686. The number of hydrogen-bond donors (Lipinski definition) is 2. The number of phenols is 1. The quantitative estimate of drug-likeness (QED) is 0.719. The summed E-state index contributed by atoms with van der Waals surface area (Å²) < 4.78 is 0. The van der Waals surface area contributed by atoms with Crippen LogP contribution in [0.25, 0.3) is 22.5 Å². The van der Waals surface area contributed by atoms with Crippen LogP contribution in [0.15, 0.2) is 54.6 Å². The summed E-state index contributed by atoms with van der Waals surface area (Å²) in [5.74, 6) is 0.0761. The number of nitrogens with zero attached hydrogens (tertiary/aromatic N) is 1. The summed E-state index contributed by atoms with van der Waals surface area (Å²) in [5.41, 5.74) is 3.39. The summed E-state index contributed by atoms with van der Waals surface area (Å²) in [6.45, 7) is 1.52. The normalized spacial score (nSPS) is 10.5. The molecule has 21 heavy (non-hydrogen) atoms. The molecular weight excluding hydrogens is 264 g/mol. The van der Waals surface area contributed by atoms with Crippen LogP contribution >= 0.6 is 0 Å². The van der Waals surface area contributed by atoms with Gasteiger partial charge >= 0.3 is 0 Å². The smallest absolute Gasteiger partial charge is 0.164 e. The molecule has 104 valence electrons. The average Bonchev–Trinajstić information content (AvgIpc) is 2.93. The van der Waals surface area contributed by atoms with Gasteiger partial charge in [-0.1, -0.05) is 42.5 Å². The first-order chi connectivity index (χ1) is 10.2. The zero-order valence-electron chi connectivity index (χ0n) is 11.5. The zero-order chi connectivity index (χ0) is 14.8. The van der Waals surface area contributed by atoms with Crippen LogP contribution in [0.1, 0.15) is 17.3 Å². The monoisotopic (exact) mass is 278 g/mol. The van der Waals surface area contributed by atoms with Gasteiger partial charge < -0.3 is 5.11 Å². The van der Waals surface area contributed by atoms with Crippen molar-refractivity contribution in [3.63, 3.8) is 0 Å². The number of H-pyrrole nitrogens is 1. The first-order valence-corrected chi connectivity index (χ1v) is 6.61. The molecule has 0 fully saturated rings. The van der Waals surface area contributed by atoms with Gasteiger partial charge in [-0.2, -0.15) is 5.10 Å². The molecule has 2 aromatic carbocycles. The van der Waals surface area contributed by atoms with Crippen molar-refractivity contribution in [3.8, 4) is 28.3 Å². The topological polar surface area (TPSA) is 66.0 Å². The van der Waals surface area contributed by atoms with E-state index in [9.17, 15) is 9.90 Å². The lowest BCUT2D eigenvalue weighted by Gasteiger charge is -2.03. The average molecular weight is 278 g/mol. The van der Waals surface area contributed by atoms with E-state index in [4.69, 9.17) is 0 Å². The third kappa shape index (κ3) is 2.43. The van der Waals surface area contributed by atoms with Crippen molar-refractivity contribution in [3.05, 3.63) is 60.2 Å². The third-order valence-electron chi connectivity index (χ3n) is 3.30. The zero-order valence-corrected chi connectivity index (χ0v) is 11.5. The number of aromatic hydroxyl groups is 1. The van der Waals surface area contributed by atoms with E-state index in [0.29, 0.717) is 22.5 Å².